The van der Waals surface area contributed by atoms with E-state index in [9.17, 15) is 9.59 Å². The van der Waals surface area contributed by atoms with Gasteiger partial charge in [-0.15, -0.1) is 0 Å². The minimum absolute atomic E-state index is 0.255. The van der Waals surface area contributed by atoms with Gasteiger partial charge in [-0.25, -0.2) is 0 Å². The molecule has 0 unspecified atom stereocenters. The molecule has 1 atom stereocenters. The summed E-state index contributed by atoms with van der Waals surface area (Å²) < 4.78 is 5.23. The van der Waals surface area contributed by atoms with Gasteiger partial charge in [-0.05, 0) is 29.8 Å². The zero-order valence-corrected chi connectivity index (χ0v) is 14.2. The van der Waals surface area contributed by atoms with Crippen LogP contribution in [0.3, 0.4) is 0 Å². The van der Waals surface area contributed by atoms with Crippen molar-refractivity contribution in [2.24, 2.45) is 0 Å². The zero-order valence-electron chi connectivity index (χ0n) is 14.2. The molecule has 3 aromatic rings. The van der Waals surface area contributed by atoms with E-state index in [2.05, 4.69) is 10.6 Å². The Morgan fingerprint density at radius 1 is 0.885 bits per heavy atom. The normalized spacial score (nSPS) is 11.5. The van der Waals surface area contributed by atoms with Gasteiger partial charge in [-0.2, -0.15) is 0 Å². The summed E-state index contributed by atoms with van der Waals surface area (Å²) >= 11 is 0. The van der Waals surface area contributed by atoms with Gasteiger partial charge in [-0.3, -0.25) is 9.59 Å². The monoisotopic (exact) mass is 348 g/mol. The molecule has 0 aliphatic carbocycles. The Labute approximate surface area is 152 Å². The molecular formula is C21H20N2O3. The lowest BCUT2D eigenvalue weighted by Crippen LogP contribution is -2.47. The van der Waals surface area contributed by atoms with Crippen molar-refractivity contribution in [2.45, 2.75) is 19.0 Å². The zero-order chi connectivity index (χ0) is 18.2. The molecule has 5 nitrogen and oxygen atoms in total. The topological polar surface area (TPSA) is 71.3 Å². The Bertz CT molecular complexity index is 830. The maximum absolute atomic E-state index is 12.6. The molecule has 5 heteroatoms. The highest BCUT2D eigenvalue weighted by Crippen LogP contribution is 2.07. The fraction of sp³-hybridized carbons (Fsp3) is 0.143. The van der Waals surface area contributed by atoms with Crippen molar-refractivity contribution in [3.8, 4) is 0 Å². The van der Waals surface area contributed by atoms with Crippen LogP contribution in [0, 0.1) is 0 Å². The number of furan rings is 1. The molecule has 0 bridgehead atoms. The van der Waals surface area contributed by atoms with E-state index in [1.807, 2.05) is 36.4 Å². The van der Waals surface area contributed by atoms with E-state index in [4.69, 9.17) is 4.42 Å². The first-order valence-corrected chi connectivity index (χ1v) is 8.42. The highest BCUT2D eigenvalue weighted by atomic mass is 16.3. The minimum atomic E-state index is -0.680. The summed E-state index contributed by atoms with van der Waals surface area (Å²) in [7, 11) is 0. The third kappa shape index (κ3) is 4.83. The van der Waals surface area contributed by atoms with E-state index in [1.54, 1.807) is 42.7 Å². The van der Waals surface area contributed by atoms with Crippen LogP contribution in [0.25, 0.3) is 0 Å². The number of amides is 2. The number of benzene rings is 2. The first-order valence-electron chi connectivity index (χ1n) is 8.42. The van der Waals surface area contributed by atoms with Crippen molar-refractivity contribution < 1.29 is 14.0 Å². The number of carbonyl (C=O) groups excluding carboxylic acids is 2. The first kappa shape index (κ1) is 17.5. The molecule has 0 radical (unpaired) electrons. The van der Waals surface area contributed by atoms with Gasteiger partial charge >= 0.3 is 0 Å². The Morgan fingerprint density at radius 3 is 2.23 bits per heavy atom. The molecule has 0 fully saturated rings. The molecule has 2 N–H and O–H groups in total. The molecule has 0 saturated carbocycles. The lowest BCUT2D eigenvalue weighted by Gasteiger charge is -2.18. The SMILES string of the molecule is O=C(N[C@H](Cc1ccccc1)C(=O)NCc1ccco1)c1ccccc1. The van der Waals surface area contributed by atoms with Gasteiger partial charge in [0.1, 0.15) is 11.8 Å². The van der Waals surface area contributed by atoms with Crippen LogP contribution in [0.4, 0.5) is 0 Å². The predicted molar refractivity (Wildman–Crippen MR) is 98.4 cm³/mol. The molecule has 1 heterocycles. The summed E-state index contributed by atoms with van der Waals surface area (Å²) in [5, 5.41) is 5.64. The van der Waals surface area contributed by atoms with Crippen molar-refractivity contribution in [2.75, 3.05) is 0 Å². The second kappa shape index (κ2) is 8.67. The molecule has 0 saturated heterocycles. The molecule has 0 spiro atoms. The number of rotatable bonds is 7. The number of carbonyl (C=O) groups is 2. The molecule has 0 aliphatic rings. The molecule has 3 rings (SSSR count). The summed E-state index contributed by atoms with van der Waals surface area (Å²) in [4.78, 5) is 25.1. The number of hydrogen-bond acceptors (Lipinski definition) is 3. The van der Waals surface area contributed by atoms with E-state index in [-0.39, 0.29) is 18.4 Å². The minimum Gasteiger partial charge on any atom is -0.467 e. The maximum atomic E-state index is 12.6. The van der Waals surface area contributed by atoms with E-state index >= 15 is 0 Å². The van der Waals surface area contributed by atoms with Crippen LogP contribution in [-0.4, -0.2) is 17.9 Å². The van der Waals surface area contributed by atoms with Gasteiger partial charge in [0.25, 0.3) is 5.91 Å². The summed E-state index contributed by atoms with van der Waals surface area (Å²) in [6.45, 7) is 0.276. The lowest BCUT2D eigenvalue weighted by atomic mass is 10.0. The van der Waals surface area contributed by atoms with Gasteiger partial charge in [-0.1, -0.05) is 48.5 Å². The first-order chi connectivity index (χ1) is 12.7. The lowest BCUT2D eigenvalue weighted by molar-refractivity contribution is -0.123. The van der Waals surface area contributed by atoms with Gasteiger partial charge in [0.2, 0.25) is 5.91 Å². The molecule has 0 aliphatic heterocycles. The summed E-state index contributed by atoms with van der Waals surface area (Å²) in [5.74, 6) is 0.125. The molecule has 1 aromatic heterocycles. The number of hydrogen-bond donors (Lipinski definition) is 2. The predicted octanol–water partition coefficient (Wildman–Crippen LogP) is 2.94. The largest absolute Gasteiger partial charge is 0.467 e. The van der Waals surface area contributed by atoms with Gasteiger partial charge in [0.15, 0.2) is 0 Å². The quantitative estimate of drug-likeness (QED) is 0.690. The third-order valence-corrected chi connectivity index (χ3v) is 3.96. The van der Waals surface area contributed by atoms with Crippen molar-refractivity contribution >= 4 is 11.8 Å². The smallest absolute Gasteiger partial charge is 0.251 e. The molecule has 26 heavy (non-hydrogen) atoms. The molecular weight excluding hydrogens is 328 g/mol. The van der Waals surface area contributed by atoms with E-state index in [1.165, 1.54) is 0 Å². The van der Waals surface area contributed by atoms with Crippen LogP contribution < -0.4 is 10.6 Å². The van der Waals surface area contributed by atoms with E-state index < -0.39 is 6.04 Å². The fourth-order valence-corrected chi connectivity index (χ4v) is 2.60. The fourth-order valence-electron chi connectivity index (χ4n) is 2.60. The Balaban J connectivity index is 1.70. The molecule has 2 aromatic carbocycles. The van der Waals surface area contributed by atoms with Gasteiger partial charge in [0.05, 0.1) is 12.8 Å². The van der Waals surface area contributed by atoms with Crippen LogP contribution in [0.1, 0.15) is 21.7 Å². The number of nitrogens with one attached hydrogen (secondary N) is 2. The van der Waals surface area contributed by atoms with Gasteiger partial charge < -0.3 is 15.1 Å². The van der Waals surface area contributed by atoms with Crippen molar-refractivity contribution in [1.82, 2.24) is 10.6 Å². The van der Waals surface area contributed by atoms with Crippen LogP contribution in [-0.2, 0) is 17.8 Å². The van der Waals surface area contributed by atoms with E-state index in [0.29, 0.717) is 17.7 Å². The Kier molecular flexibility index (Phi) is 5.83. The average Bonchev–Trinajstić information content (AvgIpc) is 3.20. The Morgan fingerprint density at radius 2 is 1.58 bits per heavy atom. The second-order valence-corrected chi connectivity index (χ2v) is 5.88. The van der Waals surface area contributed by atoms with Crippen LogP contribution in [0.15, 0.2) is 83.5 Å². The van der Waals surface area contributed by atoms with Gasteiger partial charge in [0, 0.05) is 12.0 Å². The third-order valence-electron chi connectivity index (χ3n) is 3.96. The van der Waals surface area contributed by atoms with Crippen molar-refractivity contribution in [1.29, 1.82) is 0 Å². The highest BCUT2D eigenvalue weighted by molar-refractivity contribution is 5.97. The van der Waals surface area contributed by atoms with Crippen molar-refractivity contribution in [3.63, 3.8) is 0 Å². The molecule has 2 amide bonds. The summed E-state index contributed by atoms with van der Waals surface area (Å²) in [6, 6.07) is 21.3. The van der Waals surface area contributed by atoms with Crippen LogP contribution >= 0.6 is 0 Å². The van der Waals surface area contributed by atoms with Crippen LogP contribution in [0.5, 0.6) is 0 Å². The second-order valence-electron chi connectivity index (χ2n) is 5.88. The summed E-state index contributed by atoms with van der Waals surface area (Å²) in [6.07, 6.45) is 1.96. The maximum Gasteiger partial charge on any atom is 0.251 e. The Hall–Kier alpha value is -3.34. The highest BCUT2D eigenvalue weighted by Gasteiger charge is 2.22. The standard InChI is InChI=1S/C21H20N2O3/c24-20(17-10-5-2-6-11-17)23-19(14-16-8-3-1-4-9-16)21(25)22-15-18-12-7-13-26-18/h1-13,19H,14-15H2,(H,22,25)(H,23,24)/t19-/m1/s1. The van der Waals surface area contributed by atoms with E-state index in [0.717, 1.165) is 5.56 Å². The summed E-state index contributed by atoms with van der Waals surface area (Å²) in [5.41, 5.74) is 1.49. The van der Waals surface area contributed by atoms with Crippen LogP contribution in [0.2, 0.25) is 0 Å². The average molecular weight is 348 g/mol. The van der Waals surface area contributed by atoms with Crippen molar-refractivity contribution in [3.05, 3.63) is 95.9 Å². The molecule has 132 valence electrons.